The Morgan fingerprint density at radius 1 is 1.09 bits per heavy atom. The van der Waals surface area contributed by atoms with Gasteiger partial charge in [-0.3, -0.25) is 14.2 Å². The minimum absolute atomic E-state index is 0.133. The molecule has 2 aromatic heterocycles. The van der Waals surface area contributed by atoms with Gasteiger partial charge in [0.15, 0.2) is 5.65 Å². The van der Waals surface area contributed by atoms with Gasteiger partial charge in [-0.25, -0.2) is 9.67 Å². The molecule has 0 spiro atoms. The van der Waals surface area contributed by atoms with E-state index in [0.29, 0.717) is 29.9 Å². The zero-order valence-electron chi connectivity index (χ0n) is 19.0. The number of ether oxygens (including phenoxy) is 1. The van der Waals surface area contributed by atoms with Gasteiger partial charge in [-0.05, 0) is 43.7 Å². The number of aromatic nitrogens is 4. The molecule has 0 aliphatic carbocycles. The van der Waals surface area contributed by atoms with Crippen LogP contribution < -0.4 is 15.6 Å². The van der Waals surface area contributed by atoms with Crippen LogP contribution in [0.25, 0.3) is 16.9 Å². The van der Waals surface area contributed by atoms with E-state index in [1.165, 1.54) is 0 Å². The van der Waals surface area contributed by atoms with Crippen LogP contribution in [-0.2, 0) is 24.3 Å². The first-order valence-corrected chi connectivity index (χ1v) is 11.0. The quantitative estimate of drug-likeness (QED) is 0.450. The van der Waals surface area contributed by atoms with Gasteiger partial charge in [-0.15, -0.1) is 0 Å². The molecule has 0 atom stereocenters. The van der Waals surface area contributed by atoms with E-state index in [1.54, 1.807) is 16.4 Å². The first-order valence-electron chi connectivity index (χ1n) is 11.0. The zero-order chi connectivity index (χ0) is 23.4. The van der Waals surface area contributed by atoms with Crippen LogP contribution in [-0.4, -0.2) is 32.3 Å². The summed E-state index contributed by atoms with van der Waals surface area (Å²) >= 11 is 0. The third-order valence-corrected chi connectivity index (χ3v) is 5.55. The lowest BCUT2D eigenvalue weighted by Gasteiger charge is -2.11. The Hall–Kier alpha value is -3.94. The Labute approximate surface area is 191 Å². The Morgan fingerprint density at radius 2 is 1.82 bits per heavy atom. The van der Waals surface area contributed by atoms with Crippen LogP contribution in [0.1, 0.15) is 30.3 Å². The number of fused-ring (bicyclic) bond motifs is 1. The molecule has 0 radical (unpaired) electrons. The van der Waals surface area contributed by atoms with E-state index in [-0.39, 0.29) is 24.3 Å². The first kappa shape index (κ1) is 22.3. The molecule has 1 N–H and O–H groups in total. The van der Waals surface area contributed by atoms with Crippen LogP contribution >= 0.6 is 0 Å². The highest BCUT2D eigenvalue weighted by Crippen LogP contribution is 2.20. The SMILES string of the molecule is CCn1c(=O)c(CCC(=O)NCc2ccc(OC)cc2)nc2c(C)nn(-c3ccccc3)c21. The molecule has 2 heterocycles. The summed E-state index contributed by atoms with van der Waals surface area (Å²) in [5.41, 5.74) is 4.10. The highest BCUT2D eigenvalue weighted by atomic mass is 16.5. The Bertz CT molecular complexity index is 1320. The molecule has 0 saturated carbocycles. The van der Waals surface area contributed by atoms with Crippen molar-refractivity contribution in [2.45, 2.75) is 39.8 Å². The van der Waals surface area contributed by atoms with Gasteiger partial charge in [0, 0.05) is 25.9 Å². The molecule has 2 aromatic carbocycles. The third kappa shape index (κ3) is 4.64. The first-order chi connectivity index (χ1) is 16.0. The van der Waals surface area contributed by atoms with Crippen molar-refractivity contribution < 1.29 is 9.53 Å². The van der Waals surface area contributed by atoms with Gasteiger partial charge in [0.25, 0.3) is 5.56 Å². The predicted octanol–water partition coefficient (Wildman–Crippen LogP) is 3.17. The van der Waals surface area contributed by atoms with Crippen molar-refractivity contribution in [1.29, 1.82) is 0 Å². The van der Waals surface area contributed by atoms with Gasteiger partial charge >= 0.3 is 0 Å². The normalized spacial score (nSPS) is 11.0. The van der Waals surface area contributed by atoms with Crippen molar-refractivity contribution in [3.63, 3.8) is 0 Å². The number of nitrogens with zero attached hydrogens (tertiary/aromatic N) is 4. The number of hydrogen-bond acceptors (Lipinski definition) is 5. The summed E-state index contributed by atoms with van der Waals surface area (Å²) in [6, 6.07) is 17.2. The maximum Gasteiger partial charge on any atom is 0.273 e. The van der Waals surface area contributed by atoms with Gasteiger partial charge in [-0.1, -0.05) is 30.3 Å². The highest BCUT2D eigenvalue weighted by Gasteiger charge is 2.19. The molecule has 0 aliphatic heterocycles. The molecular formula is C25H27N5O3. The standard InChI is InChI=1S/C25H27N5O3/c1-4-29-24-23(17(2)28-30(24)19-8-6-5-7-9-19)27-21(25(29)32)14-15-22(31)26-16-18-10-12-20(33-3)13-11-18/h5-13H,4,14-16H2,1-3H3,(H,26,31). The lowest BCUT2D eigenvalue weighted by molar-refractivity contribution is -0.121. The highest BCUT2D eigenvalue weighted by molar-refractivity contribution is 5.77. The number of para-hydroxylation sites is 1. The fraction of sp³-hybridized carbons (Fsp3) is 0.280. The average molecular weight is 446 g/mol. The average Bonchev–Trinajstić information content (AvgIpc) is 3.18. The van der Waals surface area contributed by atoms with E-state index in [1.807, 2.05) is 68.4 Å². The summed E-state index contributed by atoms with van der Waals surface area (Å²) in [6.07, 6.45) is 0.443. The molecule has 0 aliphatic rings. The molecular weight excluding hydrogens is 418 g/mol. The van der Waals surface area contributed by atoms with E-state index in [9.17, 15) is 9.59 Å². The molecule has 0 saturated heterocycles. The minimum Gasteiger partial charge on any atom is -0.497 e. The third-order valence-electron chi connectivity index (χ3n) is 5.55. The van der Waals surface area contributed by atoms with Crippen LogP contribution in [0.4, 0.5) is 0 Å². The van der Waals surface area contributed by atoms with Gasteiger partial charge in [0.2, 0.25) is 5.91 Å². The summed E-state index contributed by atoms with van der Waals surface area (Å²) in [6.45, 7) is 4.69. The maximum absolute atomic E-state index is 13.2. The molecule has 4 rings (SSSR count). The van der Waals surface area contributed by atoms with Crippen LogP contribution in [0.3, 0.4) is 0 Å². The molecule has 0 unspecified atom stereocenters. The molecule has 33 heavy (non-hydrogen) atoms. The maximum atomic E-state index is 13.2. The number of carbonyl (C=O) groups excluding carboxylic acids is 1. The van der Waals surface area contributed by atoms with Crippen molar-refractivity contribution in [2.75, 3.05) is 7.11 Å². The van der Waals surface area contributed by atoms with Crippen molar-refractivity contribution in [2.24, 2.45) is 0 Å². The Balaban J connectivity index is 1.53. The minimum atomic E-state index is -0.190. The van der Waals surface area contributed by atoms with Crippen LogP contribution in [0.2, 0.25) is 0 Å². The zero-order valence-corrected chi connectivity index (χ0v) is 19.0. The summed E-state index contributed by atoms with van der Waals surface area (Å²) in [5.74, 6) is 0.636. The Kier molecular flexibility index (Phi) is 6.53. The Morgan fingerprint density at radius 3 is 2.48 bits per heavy atom. The number of aryl methyl sites for hydroxylation is 3. The van der Waals surface area contributed by atoms with Crippen molar-refractivity contribution >= 4 is 17.1 Å². The summed E-state index contributed by atoms with van der Waals surface area (Å²) < 4.78 is 8.58. The van der Waals surface area contributed by atoms with Crippen LogP contribution in [0.15, 0.2) is 59.4 Å². The van der Waals surface area contributed by atoms with E-state index in [0.717, 1.165) is 22.7 Å². The number of hydrogen-bond donors (Lipinski definition) is 1. The number of carbonyl (C=O) groups is 1. The van der Waals surface area contributed by atoms with Gasteiger partial charge in [-0.2, -0.15) is 5.10 Å². The second-order valence-corrected chi connectivity index (χ2v) is 7.74. The lowest BCUT2D eigenvalue weighted by Crippen LogP contribution is -2.28. The molecule has 0 fully saturated rings. The number of rotatable bonds is 8. The summed E-state index contributed by atoms with van der Waals surface area (Å²) in [5, 5.41) is 7.52. The van der Waals surface area contributed by atoms with Crippen LogP contribution in [0.5, 0.6) is 5.75 Å². The molecule has 170 valence electrons. The van der Waals surface area contributed by atoms with Crippen molar-refractivity contribution in [1.82, 2.24) is 24.6 Å². The molecule has 1 amide bonds. The predicted molar refractivity (Wildman–Crippen MR) is 127 cm³/mol. The number of amides is 1. The van der Waals surface area contributed by atoms with Gasteiger partial charge in [0.1, 0.15) is 17.0 Å². The summed E-state index contributed by atoms with van der Waals surface area (Å²) in [7, 11) is 1.61. The monoisotopic (exact) mass is 445 g/mol. The fourth-order valence-corrected chi connectivity index (χ4v) is 3.78. The van der Waals surface area contributed by atoms with E-state index >= 15 is 0 Å². The van der Waals surface area contributed by atoms with Crippen molar-refractivity contribution in [3.05, 3.63) is 81.9 Å². The molecule has 0 bridgehead atoms. The largest absolute Gasteiger partial charge is 0.497 e. The van der Waals surface area contributed by atoms with Gasteiger partial charge in [0.05, 0.1) is 18.5 Å². The second kappa shape index (κ2) is 9.68. The van der Waals surface area contributed by atoms with Gasteiger partial charge < -0.3 is 10.1 Å². The molecule has 8 heteroatoms. The molecule has 4 aromatic rings. The number of benzene rings is 2. The molecule has 8 nitrogen and oxygen atoms in total. The van der Waals surface area contributed by atoms with E-state index in [4.69, 9.17) is 4.74 Å². The van der Waals surface area contributed by atoms with Crippen molar-refractivity contribution in [3.8, 4) is 11.4 Å². The smallest absolute Gasteiger partial charge is 0.273 e. The lowest BCUT2D eigenvalue weighted by atomic mass is 10.2. The van der Waals surface area contributed by atoms with E-state index < -0.39 is 0 Å². The second-order valence-electron chi connectivity index (χ2n) is 7.74. The fourth-order valence-electron chi connectivity index (χ4n) is 3.78. The van der Waals surface area contributed by atoms with E-state index in [2.05, 4.69) is 15.4 Å². The summed E-state index contributed by atoms with van der Waals surface area (Å²) in [4.78, 5) is 30.2. The number of methoxy groups -OCH3 is 1. The topological polar surface area (TPSA) is 91.0 Å². The van der Waals surface area contributed by atoms with Crippen LogP contribution in [0, 0.1) is 6.92 Å². The number of nitrogens with one attached hydrogen (secondary N) is 1.